The lowest BCUT2D eigenvalue weighted by atomic mass is 9.73. The van der Waals surface area contributed by atoms with Gasteiger partial charge in [0, 0.05) is 17.9 Å². The molecule has 14 heavy (non-hydrogen) atoms. The standard InChI is InChI=1S/C11H23NOS/c1-11(2)6-3-5-9(10(11)12)14-8-4-7-13/h9-10,13H,3-8,12H2,1-2H3. The lowest BCUT2D eigenvalue weighted by molar-refractivity contribution is 0.208. The van der Waals surface area contributed by atoms with Gasteiger partial charge in [0.05, 0.1) is 0 Å². The Morgan fingerprint density at radius 2 is 2.21 bits per heavy atom. The largest absolute Gasteiger partial charge is 0.396 e. The SMILES string of the molecule is CC1(C)CCCC(SCCCO)C1N. The molecular formula is C11H23NOS. The number of rotatable bonds is 4. The minimum absolute atomic E-state index is 0.301. The van der Waals surface area contributed by atoms with Crippen LogP contribution < -0.4 is 5.73 Å². The van der Waals surface area contributed by atoms with Gasteiger partial charge in [0.2, 0.25) is 0 Å². The molecule has 2 unspecified atom stereocenters. The van der Waals surface area contributed by atoms with Crippen LogP contribution >= 0.6 is 11.8 Å². The van der Waals surface area contributed by atoms with Crippen molar-refractivity contribution < 1.29 is 5.11 Å². The Morgan fingerprint density at radius 1 is 1.50 bits per heavy atom. The van der Waals surface area contributed by atoms with Gasteiger partial charge in [-0.25, -0.2) is 0 Å². The van der Waals surface area contributed by atoms with E-state index in [1.54, 1.807) is 0 Å². The van der Waals surface area contributed by atoms with E-state index in [9.17, 15) is 0 Å². The van der Waals surface area contributed by atoms with Crippen molar-refractivity contribution in [2.45, 2.75) is 50.8 Å². The van der Waals surface area contributed by atoms with Crippen LogP contribution in [0.3, 0.4) is 0 Å². The molecule has 2 atom stereocenters. The van der Waals surface area contributed by atoms with Crippen molar-refractivity contribution in [2.24, 2.45) is 11.1 Å². The van der Waals surface area contributed by atoms with Gasteiger partial charge in [-0.1, -0.05) is 20.3 Å². The molecular weight excluding hydrogens is 194 g/mol. The van der Waals surface area contributed by atoms with Crippen LogP contribution in [0.5, 0.6) is 0 Å². The number of aliphatic hydroxyl groups is 1. The van der Waals surface area contributed by atoms with Gasteiger partial charge in [0.15, 0.2) is 0 Å². The number of thioether (sulfide) groups is 1. The summed E-state index contributed by atoms with van der Waals surface area (Å²) in [6, 6.07) is 0.319. The van der Waals surface area contributed by atoms with Gasteiger partial charge in [0.25, 0.3) is 0 Å². The first-order valence-corrected chi connectivity index (χ1v) is 6.61. The third-order valence-electron chi connectivity index (χ3n) is 3.25. The van der Waals surface area contributed by atoms with E-state index in [0.29, 0.717) is 23.3 Å². The summed E-state index contributed by atoms with van der Waals surface area (Å²) in [7, 11) is 0. The van der Waals surface area contributed by atoms with Crippen molar-refractivity contribution in [3.05, 3.63) is 0 Å². The highest BCUT2D eigenvalue weighted by Gasteiger charge is 2.36. The molecule has 0 radical (unpaired) electrons. The third-order valence-corrected chi connectivity index (χ3v) is 4.73. The van der Waals surface area contributed by atoms with Crippen molar-refractivity contribution in [1.82, 2.24) is 0 Å². The number of aliphatic hydroxyl groups excluding tert-OH is 1. The van der Waals surface area contributed by atoms with Gasteiger partial charge in [-0.3, -0.25) is 0 Å². The molecule has 2 nitrogen and oxygen atoms in total. The molecule has 1 rings (SSSR count). The highest BCUT2D eigenvalue weighted by molar-refractivity contribution is 7.99. The molecule has 1 saturated carbocycles. The van der Waals surface area contributed by atoms with Crippen molar-refractivity contribution in [3.63, 3.8) is 0 Å². The Hall–Kier alpha value is 0.270. The highest BCUT2D eigenvalue weighted by Crippen LogP contribution is 2.39. The van der Waals surface area contributed by atoms with Crippen molar-refractivity contribution in [3.8, 4) is 0 Å². The lowest BCUT2D eigenvalue weighted by Gasteiger charge is -2.41. The minimum atomic E-state index is 0.301. The minimum Gasteiger partial charge on any atom is -0.396 e. The number of nitrogens with two attached hydrogens (primary N) is 1. The molecule has 0 heterocycles. The van der Waals surface area contributed by atoms with Crippen molar-refractivity contribution in [1.29, 1.82) is 0 Å². The average molecular weight is 217 g/mol. The first-order valence-electron chi connectivity index (χ1n) is 5.56. The van der Waals surface area contributed by atoms with E-state index in [-0.39, 0.29) is 0 Å². The quantitative estimate of drug-likeness (QED) is 0.708. The van der Waals surface area contributed by atoms with Crippen LogP contribution in [0, 0.1) is 5.41 Å². The molecule has 0 spiro atoms. The van der Waals surface area contributed by atoms with E-state index in [1.165, 1.54) is 19.3 Å². The maximum absolute atomic E-state index is 8.72. The molecule has 0 saturated heterocycles. The second kappa shape index (κ2) is 5.38. The molecule has 1 aliphatic carbocycles. The summed E-state index contributed by atoms with van der Waals surface area (Å²) in [6.45, 7) is 4.85. The summed E-state index contributed by atoms with van der Waals surface area (Å²) in [6.07, 6.45) is 4.71. The monoisotopic (exact) mass is 217 g/mol. The number of hydrogen-bond donors (Lipinski definition) is 2. The Labute approximate surface area is 91.6 Å². The van der Waals surface area contributed by atoms with Gasteiger partial charge >= 0.3 is 0 Å². The molecule has 0 bridgehead atoms. The molecule has 84 valence electrons. The summed E-state index contributed by atoms with van der Waals surface area (Å²) in [5.74, 6) is 1.05. The van der Waals surface area contributed by atoms with E-state index < -0.39 is 0 Å². The van der Waals surface area contributed by atoms with E-state index in [4.69, 9.17) is 10.8 Å². The fourth-order valence-electron chi connectivity index (χ4n) is 2.09. The fourth-order valence-corrected chi connectivity index (χ4v) is 3.60. The van der Waals surface area contributed by atoms with Crippen LogP contribution in [0.1, 0.15) is 39.5 Å². The molecule has 3 N–H and O–H groups in total. The molecule has 0 aromatic rings. The molecule has 0 aromatic carbocycles. The maximum Gasteiger partial charge on any atom is 0.0438 e. The van der Waals surface area contributed by atoms with Gasteiger partial charge in [-0.2, -0.15) is 11.8 Å². The zero-order valence-corrected chi connectivity index (χ0v) is 10.1. The van der Waals surface area contributed by atoms with Crippen LogP contribution in [0.25, 0.3) is 0 Å². The van der Waals surface area contributed by atoms with Gasteiger partial charge in [-0.15, -0.1) is 0 Å². The molecule has 0 amide bonds. The van der Waals surface area contributed by atoms with Crippen LogP contribution in [0.4, 0.5) is 0 Å². The Balaban J connectivity index is 2.36. The Bertz CT molecular complexity index is 173. The predicted octanol–water partition coefficient (Wildman–Crippen LogP) is 2.01. The molecule has 0 aliphatic heterocycles. The zero-order chi connectivity index (χ0) is 10.6. The molecule has 1 fully saturated rings. The van der Waals surface area contributed by atoms with E-state index in [2.05, 4.69) is 13.8 Å². The van der Waals surface area contributed by atoms with E-state index in [1.807, 2.05) is 11.8 Å². The summed E-state index contributed by atoms with van der Waals surface area (Å²) in [4.78, 5) is 0. The molecule has 1 aliphatic rings. The van der Waals surface area contributed by atoms with E-state index >= 15 is 0 Å². The van der Waals surface area contributed by atoms with Crippen molar-refractivity contribution >= 4 is 11.8 Å². The first-order chi connectivity index (χ1) is 6.58. The normalized spacial score (nSPS) is 31.7. The van der Waals surface area contributed by atoms with Gasteiger partial charge in [0.1, 0.15) is 0 Å². The summed E-state index contributed by atoms with van der Waals surface area (Å²) in [5, 5.41) is 9.32. The highest BCUT2D eigenvalue weighted by atomic mass is 32.2. The van der Waals surface area contributed by atoms with Crippen molar-refractivity contribution in [2.75, 3.05) is 12.4 Å². The average Bonchev–Trinajstić information content (AvgIpc) is 2.13. The first kappa shape index (κ1) is 12.3. The Morgan fingerprint density at radius 3 is 2.86 bits per heavy atom. The number of hydrogen-bond acceptors (Lipinski definition) is 3. The molecule has 0 aromatic heterocycles. The van der Waals surface area contributed by atoms with Crippen LogP contribution in [-0.4, -0.2) is 28.8 Å². The Kier molecular flexibility index (Phi) is 4.74. The molecule has 3 heteroatoms. The van der Waals surface area contributed by atoms with E-state index in [0.717, 1.165) is 12.2 Å². The van der Waals surface area contributed by atoms with Crippen LogP contribution in [0.15, 0.2) is 0 Å². The van der Waals surface area contributed by atoms with Gasteiger partial charge < -0.3 is 10.8 Å². The third kappa shape index (κ3) is 3.14. The topological polar surface area (TPSA) is 46.2 Å². The summed E-state index contributed by atoms with van der Waals surface area (Å²) >= 11 is 1.95. The zero-order valence-electron chi connectivity index (χ0n) is 9.33. The van der Waals surface area contributed by atoms with Crippen LogP contribution in [-0.2, 0) is 0 Å². The second-order valence-corrected chi connectivity index (χ2v) is 6.24. The maximum atomic E-state index is 8.72. The summed E-state index contributed by atoms with van der Waals surface area (Å²) < 4.78 is 0. The predicted molar refractivity (Wildman–Crippen MR) is 63.6 cm³/mol. The van der Waals surface area contributed by atoms with Crippen LogP contribution in [0.2, 0.25) is 0 Å². The lowest BCUT2D eigenvalue weighted by Crippen LogP contribution is -2.48. The smallest absolute Gasteiger partial charge is 0.0438 e. The fraction of sp³-hybridized carbons (Fsp3) is 1.00. The second-order valence-electron chi connectivity index (χ2n) is 4.89. The van der Waals surface area contributed by atoms with Gasteiger partial charge in [-0.05, 0) is 30.4 Å². The summed E-state index contributed by atoms with van der Waals surface area (Å²) in [5.41, 5.74) is 6.56.